The van der Waals surface area contributed by atoms with Gasteiger partial charge in [0.15, 0.2) is 0 Å². The zero-order chi connectivity index (χ0) is 24.5. The second-order valence-electron chi connectivity index (χ2n) is 7.83. The Morgan fingerprint density at radius 1 is 0.800 bits per heavy atom. The first-order valence-corrected chi connectivity index (χ1v) is 11.1. The molecule has 178 valence electrons. The van der Waals surface area contributed by atoms with Crippen LogP contribution in [-0.2, 0) is 33.9 Å². The van der Waals surface area contributed by atoms with Crippen molar-refractivity contribution in [3.8, 4) is 5.69 Å². The molecule has 1 aromatic heterocycles. The van der Waals surface area contributed by atoms with E-state index in [1.165, 1.54) is 10.9 Å². The lowest BCUT2D eigenvalue weighted by molar-refractivity contribution is -0.147. The molecule has 2 N–H and O–H groups in total. The Kier molecular flexibility index (Phi) is 7.75. The molecule has 1 atom stereocenters. The number of ether oxygens (including phenoxy) is 2. The lowest BCUT2D eigenvalue weighted by atomic mass is 10.1. The van der Waals surface area contributed by atoms with E-state index in [4.69, 9.17) is 9.47 Å². The van der Waals surface area contributed by atoms with E-state index in [1.54, 1.807) is 12.1 Å². The number of hydrogen-bond donors (Lipinski definition) is 2. The van der Waals surface area contributed by atoms with E-state index in [0.29, 0.717) is 11.3 Å². The highest BCUT2D eigenvalue weighted by atomic mass is 16.6. The van der Waals surface area contributed by atoms with E-state index in [9.17, 15) is 14.4 Å². The van der Waals surface area contributed by atoms with Crippen LogP contribution in [0.4, 0.5) is 4.79 Å². The van der Waals surface area contributed by atoms with Crippen LogP contribution < -0.4 is 10.9 Å². The van der Waals surface area contributed by atoms with E-state index in [2.05, 4.69) is 10.4 Å². The zero-order valence-electron chi connectivity index (χ0n) is 18.9. The van der Waals surface area contributed by atoms with Crippen LogP contribution in [0.2, 0.25) is 0 Å². The van der Waals surface area contributed by atoms with Gasteiger partial charge in [0.1, 0.15) is 19.3 Å². The van der Waals surface area contributed by atoms with E-state index < -0.39 is 18.1 Å². The topological polar surface area (TPSA) is 102 Å². The normalized spacial score (nSPS) is 11.4. The average molecular weight is 472 g/mol. The van der Waals surface area contributed by atoms with Crippen molar-refractivity contribution in [3.63, 3.8) is 0 Å². The molecule has 0 saturated carbocycles. The number of nitrogens with zero attached hydrogens (tertiary/aromatic N) is 1. The van der Waals surface area contributed by atoms with Crippen molar-refractivity contribution in [3.05, 3.63) is 124 Å². The highest BCUT2D eigenvalue weighted by Gasteiger charge is 2.26. The summed E-state index contributed by atoms with van der Waals surface area (Å²) in [5.41, 5.74) is 2.26. The largest absolute Gasteiger partial charge is 0.459 e. The first kappa shape index (κ1) is 23.6. The fourth-order valence-corrected chi connectivity index (χ4v) is 3.47. The van der Waals surface area contributed by atoms with E-state index in [1.807, 2.05) is 78.9 Å². The highest BCUT2D eigenvalue weighted by Crippen LogP contribution is 2.08. The van der Waals surface area contributed by atoms with Gasteiger partial charge in [-0.25, -0.2) is 14.3 Å². The molecule has 1 amide bonds. The van der Waals surface area contributed by atoms with Crippen LogP contribution in [0.3, 0.4) is 0 Å². The third-order valence-electron chi connectivity index (χ3n) is 5.30. The number of aromatic nitrogens is 2. The van der Waals surface area contributed by atoms with Gasteiger partial charge < -0.3 is 14.8 Å². The summed E-state index contributed by atoms with van der Waals surface area (Å²) in [4.78, 5) is 38.3. The van der Waals surface area contributed by atoms with Crippen LogP contribution in [0.15, 0.2) is 102 Å². The Labute approximate surface area is 202 Å². The van der Waals surface area contributed by atoms with Gasteiger partial charge in [0, 0.05) is 18.2 Å². The predicted molar refractivity (Wildman–Crippen MR) is 130 cm³/mol. The lowest BCUT2D eigenvalue weighted by Crippen LogP contribution is -2.44. The molecule has 35 heavy (non-hydrogen) atoms. The zero-order valence-corrected chi connectivity index (χ0v) is 18.9. The summed E-state index contributed by atoms with van der Waals surface area (Å²) in [6, 6.07) is 26.3. The summed E-state index contributed by atoms with van der Waals surface area (Å²) in [5.74, 6) is -0.669. The fourth-order valence-electron chi connectivity index (χ4n) is 3.47. The van der Waals surface area contributed by atoms with Gasteiger partial charge in [-0.3, -0.25) is 9.89 Å². The number of H-pyrrole nitrogens is 1. The maximum absolute atomic E-state index is 12.9. The number of para-hydroxylation sites is 1. The van der Waals surface area contributed by atoms with Gasteiger partial charge in [-0.2, -0.15) is 0 Å². The summed E-state index contributed by atoms with van der Waals surface area (Å²) in [7, 11) is 0. The van der Waals surface area contributed by atoms with Crippen molar-refractivity contribution in [1.29, 1.82) is 0 Å². The molecule has 0 unspecified atom stereocenters. The summed E-state index contributed by atoms with van der Waals surface area (Å²) in [6.45, 7) is 0.0850. The van der Waals surface area contributed by atoms with Crippen LogP contribution in [-0.4, -0.2) is 27.9 Å². The van der Waals surface area contributed by atoms with Crippen molar-refractivity contribution in [2.75, 3.05) is 0 Å². The average Bonchev–Trinajstić information content (AvgIpc) is 3.27. The molecule has 4 rings (SSSR count). The molecule has 4 aromatic rings. The van der Waals surface area contributed by atoms with E-state index in [-0.39, 0.29) is 25.2 Å². The van der Waals surface area contributed by atoms with Gasteiger partial charge in [-0.15, -0.1) is 0 Å². The maximum Gasteiger partial charge on any atom is 0.408 e. The van der Waals surface area contributed by atoms with Gasteiger partial charge >= 0.3 is 12.1 Å². The standard InChI is InChI=1S/C27H25N3O5/c31-25-22(17-28-30(25)23-14-8-3-9-15-23)16-24(26(32)34-18-20-10-4-1-5-11-20)29-27(33)35-19-21-12-6-2-7-13-21/h1-15,17,24,28H,16,18-19H2,(H,29,33)/t24-/m1/s1. The molecule has 0 saturated heterocycles. The smallest absolute Gasteiger partial charge is 0.408 e. The molecule has 0 spiro atoms. The van der Waals surface area contributed by atoms with Crippen LogP contribution in [0.25, 0.3) is 5.69 Å². The van der Waals surface area contributed by atoms with Crippen LogP contribution >= 0.6 is 0 Å². The summed E-state index contributed by atoms with van der Waals surface area (Å²) in [6.07, 6.45) is 0.668. The third-order valence-corrected chi connectivity index (χ3v) is 5.30. The summed E-state index contributed by atoms with van der Waals surface area (Å²) in [5, 5.41) is 5.45. The number of amides is 1. The predicted octanol–water partition coefficient (Wildman–Crippen LogP) is 3.75. The molecule has 8 nitrogen and oxygen atoms in total. The molecule has 0 aliphatic rings. The van der Waals surface area contributed by atoms with E-state index in [0.717, 1.165) is 11.1 Å². The Morgan fingerprint density at radius 2 is 1.34 bits per heavy atom. The molecule has 0 bridgehead atoms. The minimum atomic E-state index is -1.12. The van der Waals surface area contributed by atoms with Crippen LogP contribution in [0.1, 0.15) is 16.7 Å². The molecule has 1 heterocycles. The van der Waals surface area contributed by atoms with Gasteiger partial charge in [-0.1, -0.05) is 78.9 Å². The summed E-state index contributed by atoms with van der Waals surface area (Å²) < 4.78 is 12.1. The molecule has 0 fully saturated rings. The number of hydrogen-bond acceptors (Lipinski definition) is 5. The second-order valence-corrected chi connectivity index (χ2v) is 7.83. The number of carbonyl (C=O) groups excluding carboxylic acids is 2. The number of aromatic amines is 1. The maximum atomic E-state index is 12.9. The lowest BCUT2D eigenvalue weighted by Gasteiger charge is -2.17. The monoisotopic (exact) mass is 471 g/mol. The number of nitrogens with one attached hydrogen (secondary N) is 2. The Hall–Kier alpha value is -4.59. The highest BCUT2D eigenvalue weighted by molar-refractivity contribution is 5.81. The minimum absolute atomic E-state index is 0.0400. The molecule has 3 aromatic carbocycles. The molecule has 8 heteroatoms. The van der Waals surface area contributed by atoms with Crippen molar-refractivity contribution in [2.24, 2.45) is 0 Å². The molecule has 0 aliphatic heterocycles. The third kappa shape index (κ3) is 6.48. The number of rotatable bonds is 9. The molecule has 0 aliphatic carbocycles. The van der Waals surface area contributed by atoms with Crippen molar-refractivity contribution in [2.45, 2.75) is 25.7 Å². The van der Waals surface area contributed by atoms with Gasteiger partial charge in [-0.05, 0) is 23.3 Å². The number of esters is 1. The van der Waals surface area contributed by atoms with Gasteiger partial charge in [0.25, 0.3) is 5.56 Å². The van der Waals surface area contributed by atoms with Gasteiger partial charge in [0.05, 0.1) is 5.69 Å². The first-order valence-electron chi connectivity index (χ1n) is 11.1. The van der Waals surface area contributed by atoms with Crippen LogP contribution in [0.5, 0.6) is 0 Å². The molecular weight excluding hydrogens is 446 g/mol. The number of benzene rings is 3. The van der Waals surface area contributed by atoms with Crippen molar-refractivity contribution in [1.82, 2.24) is 15.1 Å². The molecular formula is C27H25N3O5. The fraction of sp³-hybridized carbons (Fsp3) is 0.148. The Morgan fingerprint density at radius 3 is 1.94 bits per heavy atom. The van der Waals surface area contributed by atoms with E-state index >= 15 is 0 Å². The Bertz CT molecular complexity index is 1300. The second kappa shape index (κ2) is 11.5. The van der Waals surface area contributed by atoms with Gasteiger partial charge in [0.2, 0.25) is 0 Å². The van der Waals surface area contributed by atoms with Crippen molar-refractivity contribution >= 4 is 12.1 Å². The number of alkyl carbamates (subject to hydrolysis) is 1. The van der Waals surface area contributed by atoms with Crippen LogP contribution in [0, 0.1) is 0 Å². The summed E-state index contributed by atoms with van der Waals surface area (Å²) >= 11 is 0. The minimum Gasteiger partial charge on any atom is -0.459 e. The molecule has 0 radical (unpaired) electrons. The SMILES string of the molecule is O=C(N[C@H](Cc1c[nH]n(-c2ccccc2)c1=O)C(=O)OCc1ccccc1)OCc1ccccc1. The number of carbonyl (C=O) groups is 2. The quantitative estimate of drug-likeness (QED) is 0.362. The van der Waals surface area contributed by atoms with Crippen molar-refractivity contribution < 1.29 is 19.1 Å². The Balaban J connectivity index is 1.47. The first-order chi connectivity index (χ1) is 17.1.